The first kappa shape index (κ1) is 25.6. The lowest BCUT2D eigenvalue weighted by atomic mass is 9.56. The molecule has 0 aromatic heterocycles. The summed E-state index contributed by atoms with van der Waals surface area (Å²) in [6.07, 6.45) is 13.3. The number of hydrogen-bond donors (Lipinski definition) is 1. The molecule has 6 aliphatic rings. The van der Waals surface area contributed by atoms with E-state index in [4.69, 9.17) is 4.74 Å². The van der Waals surface area contributed by atoms with Gasteiger partial charge in [-0.3, -0.25) is 4.90 Å². The van der Waals surface area contributed by atoms with Crippen LogP contribution < -0.4 is 0 Å². The van der Waals surface area contributed by atoms with E-state index in [2.05, 4.69) is 57.7 Å². The quantitative estimate of drug-likeness (QED) is 0.511. The van der Waals surface area contributed by atoms with Gasteiger partial charge in [-0.15, -0.1) is 0 Å². The lowest BCUT2D eigenvalue weighted by Crippen LogP contribution is -2.53. The molecule has 2 saturated carbocycles. The first-order valence-corrected chi connectivity index (χ1v) is 15.3. The van der Waals surface area contributed by atoms with Crippen LogP contribution in [-0.2, 0) is 4.74 Å². The van der Waals surface area contributed by atoms with E-state index in [1.807, 2.05) is 5.57 Å². The van der Waals surface area contributed by atoms with Crippen molar-refractivity contribution < 1.29 is 9.84 Å². The van der Waals surface area contributed by atoms with Crippen molar-refractivity contribution in [2.75, 3.05) is 33.7 Å². The van der Waals surface area contributed by atoms with Gasteiger partial charge in [0.05, 0.1) is 17.8 Å². The topological polar surface area (TPSA) is 35.9 Å². The van der Waals surface area contributed by atoms with Gasteiger partial charge in [-0.2, -0.15) is 0 Å². The lowest BCUT2D eigenvalue weighted by molar-refractivity contribution is -0.0795. The van der Waals surface area contributed by atoms with E-state index in [0.717, 1.165) is 49.6 Å². The minimum Gasteiger partial charge on any atom is -0.389 e. The van der Waals surface area contributed by atoms with Crippen LogP contribution in [0.2, 0.25) is 0 Å². The number of aliphatic hydroxyl groups excluding tert-OH is 1. The van der Waals surface area contributed by atoms with E-state index in [1.165, 1.54) is 51.5 Å². The van der Waals surface area contributed by atoms with Crippen LogP contribution in [0.4, 0.5) is 0 Å². The van der Waals surface area contributed by atoms with Crippen molar-refractivity contribution in [3.63, 3.8) is 0 Å². The number of likely N-dealkylation sites (tertiary alicyclic amines) is 1. The molecule has 0 radical (unpaired) electrons. The third-order valence-electron chi connectivity index (χ3n) is 12.1. The van der Waals surface area contributed by atoms with E-state index < -0.39 is 0 Å². The third kappa shape index (κ3) is 4.00. The summed E-state index contributed by atoms with van der Waals surface area (Å²) in [6, 6.07) is 0.583. The van der Waals surface area contributed by atoms with Gasteiger partial charge < -0.3 is 14.7 Å². The number of rotatable bonds is 3. The zero-order chi connectivity index (χ0) is 25.4. The summed E-state index contributed by atoms with van der Waals surface area (Å²) in [4.78, 5) is 5.14. The molecule has 1 N–H and O–H groups in total. The monoisotopic (exact) mass is 496 g/mol. The highest BCUT2D eigenvalue weighted by Crippen LogP contribution is 2.64. The van der Waals surface area contributed by atoms with Crippen LogP contribution >= 0.6 is 0 Å². The number of ether oxygens (including phenoxy) is 1. The largest absolute Gasteiger partial charge is 0.389 e. The molecule has 2 aliphatic heterocycles. The molecule has 202 valence electrons. The van der Waals surface area contributed by atoms with Gasteiger partial charge in [-0.05, 0) is 108 Å². The van der Waals surface area contributed by atoms with E-state index in [1.54, 1.807) is 11.1 Å². The Balaban J connectivity index is 1.26. The predicted molar refractivity (Wildman–Crippen MR) is 147 cm³/mol. The maximum atomic E-state index is 10.3. The van der Waals surface area contributed by atoms with E-state index in [0.29, 0.717) is 23.5 Å². The molecular formula is C32H52N2O2. The maximum absolute atomic E-state index is 10.3. The van der Waals surface area contributed by atoms with Crippen LogP contribution in [0.5, 0.6) is 0 Å². The van der Waals surface area contributed by atoms with E-state index >= 15 is 0 Å². The Morgan fingerprint density at radius 1 is 1.17 bits per heavy atom. The number of nitrogens with zero attached hydrogens (tertiary/aromatic N) is 2. The van der Waals surface area contributed by atoms with E-state index in [-0.39, 0.29) is 11.7 Å². The second-order valence-corrected chi connectivity index (χ2v) is 14.5. The smallest absolute Gasteiger partial charge is 0.0765 e. The normalized spacial score (nSPS) is 48.9. The van der Waals surface area contributed by atoms with Gasteiger partial charge >= 0.3 is 0 Å². The lowest BCUT2D eigenvalue weighted by Gasteiger charge is -2.49. The van der Waals surface area contributed by atoms with Gasteiger partial charge in [0, 0.05) is 31.6 Å². The van der Waals surface area contributed by atoms with Crippen molar-refractivity contribution in [1.29, 1.82) is 0 Å². The summed E-state index contributed by atoms with van der Waals surface area (Å²) in [5.41, 5.74) is 5.42. The van der Waals surface area contributed by atoms with Crippen LogP contribution in [0.3, 0.4) is 0 Å². The molecule has 1 unspecified atom stereocenters. The molecule has 2 heterocycles. The van der Waals surface area contributed by atoms with Crippen LogP contribution in [0, 0.1) is 35.0 Å². The van der Waals surface area contributed by atoms with Crippen molar-refractivity contribution in [3.8, 4) is 0 Å². The van der Waals surface area contributed by atoms with Crippen molar-refractivity contribution >= 4 is 0 Å². The second kappa shape index (κ2) is 9.21. The first-order chi connectivity index (χ1) is 17.1. The molecule has 0 aromatic carbocycles. The highest BCUT2D eigenvalue weighted by molar-refractivity contribution is 5.33. The summed E-state index contributed by atoms with van der Waals surface area (Å²) in [6.45, 7) is 13.5. The van der Waals surface area contributed by atoms with Gasteiger partial charge in [0.25, 0.3) is 0 Å². The zero-order valence-corrected chi connectivity index (χ0v) is 23.9. The molecule has 0 aromatic rings. The second-order valence-electron chi connectivity index (χ2n) is 14.5. The number of allylic oxidation sites excluding steroid dienone is 2. The first-order valence-electron chi connectivity index (χ1n) is 15.3. The molecule has 4 heteroatoms. The summed E-state index contributed by atoms with van der Waals surface area (Å²) < 4.78 is 7.26. The van der Waals surface area contributed by atoms with Crippen LogP contribution in [0.25, 0.3) is 0 Å². The number of fused-ring (bicyclic) bond motifs is 6. The number of aliphatic hydroxyl groups is 1. The van der Waals surface area contributed by atoms with Gasteiger partial charge in [0.1, 0.15) is 0 Å². The molecule has 4 fully saturated rings. The number of likely N-dealkylation sites (N-methyl/N-ethyl adjacent to an activating group) is 1. The minimum absolute atomic E-state index is 0.0330. The third-order valence-corrected chi connectivity index (χ3v) is 12.1. The van der Waals surface area contributed by atoms with Crippen molar-refractivity contribution in [2.24, 2.45) is 35.0 Å². The molecule has 2 saturated heterocycles. The zero-order valence-electron chi connectivity index (χ0n) is 23.9. The summed E-state index contributed by atoms with van der Waals surface area (Å²) in [7, 11) is 4.40. The Bertz CT molecular complexity index is 925. The number of piperidine rings is 1. The van der Waals surface area contributed by atoms with E-state index in [9.17, 15) is 5.11 Å². The Kier molecular flexibility index (Phi) is 6.55. The van der Waals surface area contributed by atoms with Crippen molar-refractivity contribution in [3.05, 3.63) is 22.8 Å². The molecule has 10 atom stereocenters. The van der Waals surface area contributed by atoms with Crippen molar-refractivity contribution in [1.82, 2.24) is 9.80 Å². The van der Waals surface area contributed by atoms with Gasteiger partial charge in [-0.25, -0.2) is 0 Å². The standard InChI is InChI=1S/C32H52N2O2/c1-20-15-29-30(34(19-20)14-13-33(5)6)22(3)32(36-29)12-10-25-26-8-7-23-16-24(35)9-11-31(23,4)28(26)17-27(25)21(2)18-32/h16,20,22,24-26,28-30,35H,7-15,17-19H2,1-6H3/t20-,22+,24-,25-,26-,28-,29+,30-,31-,32?/m0/s1. The fourth-order valence-corrected chi connectivity index (χ4v) is 10.2. The number of hydrogen-bond acceptors (Lipinski definition) is 4. The molecule has 0 bridgehead atoms. The SMILES string of the molecule is CC1=C2C[C@H]3[C@@H](CCC4=C[C@@H](O)CC[C@@]43C)[C@@H]2CCC2(C1)O[C@@H]1C[C@H](C)CN(CCN(C)C)[C@H]1[C@H]2C. The van der Waals surface area contributed by atoms with Gasteiger partial charge in [-0.1, -0.05) is 43.6 Å². The summed E-state index contributed by atoms with van der Waals surface area (Å²) in [5.74, 6) is 3.70. The highest BCUT2D eigenvalue weighted by atomic mass is 16.5. The van der Waals surface area contributed by atoms with Crippen LogP contribution in [0.15, 0.2) is 22.8 Å². The molecule has 0 amide bonds. The average molecular weight is 497 g/mol. The average Bonchev–Trinajstić information content (AvgIpc) is 3.28. The van der Waals surface area contributed by atoms with Crippen LogP contribution in [0.1, 0.15) is 85.5 Å². The maximum Gasteiger partial charge on any atom is 0.0765 e. The molecule has 4 aliphatic carbocycles. The Labute approximate surface area is 220 Å². The minimum atomic E-state index is -0.207. The fraction of sp³-hybridized carbons (Fsp3) is 0.875. The molecule has 6 rings (SSSR count). The Hall–Kier alpha value is -0.680. The fourth-order valence-electron chi connectivity index (χ4n) is 10.2. The molecular weight excluding hydrogens is 444 g/mol. The van der Waals surface area contributed by atoms with Gasteiger partial charge in [0.2, 0.25) is 0 Å². The summed E-state index contributed by atoms with van der Waals surface area (Å²) >= 11 is 0. The molecule has 36 heavy (non-hydrogen) atoms. The summed E-state index contributed by atoms with van der Waals surface area (Å²) in [5, 5.41) is 10.3. The highest BCUT2D eigenvalue weighted by Gasteiger charge is 2.59. The van der Waals surface area contributed by atoms with Crippen molar-refractivity contribution in [2.45, 2.75) is 109 Å². The van der Waals surface area contributed by atoms with Crippen LogP contribution in [-0.4, -0.2) is 72.5 Å². The predicted octanol–water partition coefficient (Wildman–Crippen LogP) is 5.67. The molecule has 1 spiro atoms. The Morgan fingerprint density at radius 3 is 2.75 bits per heavy atom. The Morgan fingerprint density at radius 2 is 1.97 bits per heavy atom. The molecule has 4 nitrogen and oxygen atoms in total. The van der Waals surface area contributed by atoms with Gasteiger partial charge in [0.15, 0.2) is 0 Å².